The predicted octanol–water partition coefficient (Wildman–Crippen LogP) is 1.54. The van der Waals surface area contributed by atoms with E-state index in [4.69, 9.17) is 9.47 Å². The Bertz CT molecular complexity index is 390. The van der Waals surface area contributed by atoms with Gasteiger partial charge in [-0.05, 0) is 12.8 Å². The van der Waals surface area contributed by atoms with Crippen LogP contribution < -0.4 is 9.47 Å². The van der Waals surface area contributed by atoms with Gasteiger partial charge < -0.3 is 9.47 Å². The first-order valence-electron chi connectivity index (χ1n) is 4.55. The van der Waals surface area contributed by atoms with Crippen molar-refractivity contribution < 1.29 is 14.4 Å². The lowest BCUT2D eigenvalue weighted by molar-refractivity contribution is -0.386. The Hall–Kier alpha value is -1.85. The summed E-state index contributed by atoms with van der Waals surface area (Å²) < 4.78 is 10.2. The third kappa shape index (κ3) is 1.98. The molecule has 0 aromatic carbocycles. The fourth-order valence-electron chi connectivity index (χ4n) is 1.20. The summed E-state index contributed by atoms with van der Waals surface area (Å²) in [6.45, 7) is 0. The third-order valence-electron chi connectivity index (χ3n) is 2.07. The molecular weight excluding hydrogens is 200 g/mol. The second-order valence-corrected chi connectivity index (χ2v) is 3.26. The average Bonchev–Trinajstić information content (AvgIpc) is 3.01. The Morgan fingerprint density at radius 3 is 2.67 bits per heavy atom. The number of nitrogens with zero attached hydrogens (tertiary/aromatic N) is 2. The zero-order chi connectivity index (χ0) is 10.8. The molecule has 0 radical (unpaired) electrons. The van der Waals surface area contributed by atoms with E-state index in [1.54, 1.807) is 0 Å². The number of methoxy groups -OCH3 is 1. The summed E-state index contributed by atoms with van der Waals surface area (Å²) >= 11 is 0. The molecule has 1 heterocycles. The molecule has 1 saturated carbocycles. The van der Waals surface area contributed by atoms with Gasteiger partial charge in [-0.1, -0.05) is 0 Å². The lowest BCUT2D eigenvalue weighted by atomic mass is 10.3. The quantitative estimate of drug-likeness (QED) is 0.556. The molecule has 15 heavy (non-hydrogen) atoms. The average molecular weight is 210 g/mol. The lowest BCUT2D eigenvalue weighted by Crippen LogP contribution is -2.02. The number of aromatic nitrogens is 1. The van der Waals surface area contributed by atoms with Crippen LogP contribution in [0, 0.1) is 10.1 Å². The van der Waals surface area contributed by atoms with E-state index in [1.807, 2.05) is 0 Å². The first kappa shape index (κ1) is 9.70. The van der Waals surface area contributed by atoms with E-state index in [1.165, 1.54) is 19.5 Å². The minimum absolute atomic E-state index is 0.0950. The Morgan fingerprint density at radius 1 is 1.47 bits per heavy atom. The van der Waals surface area contributed by atoms with Gasteiger partial charge in [-0.3, -0.25) is 15.1 Å². The maximum atomic E-state index is 10.8. The molecule has 1 fully saturated rings. The topological polar surface area (TPSA) is 74.5 Å². The third-order valence-corrected chi connectivity index (χ3v) is 2.07. The Kier molecular flexibility index (Phi) is 2.40. The van der Waals surface area contributed by atoms with Crippen LogP contribution in [0.1, 0.15) is 12.8 Å². The number of hydrogen-bond acceptors (Lipinski definition) is 5. The van der Waals surface area contributed by atoms with Crippen LogP contribution in [0.5, 0.6) is 11.5 Å². The number of rotatable bonds is 4. The second kappa shape index (κ2) is 3.72. The highest BCUT2D eigenvalue weighted by Gasteiger charge is 2.29. The van der Waals surface area contributed by atoms with Crippen LogP contribution >= 0.6 is 0 Å². The van der Waals surface area contributed by atoms with Gasteiger partial charge in [0.2, 0.25) is 11.5 Å². The van der Waals surface area contributed by atoms with Crippen LogP contribution in [0.2, 0.25) is 0 Å². The fourth-order valence-corrected chi connectivity index (χ4v) is 1.20. The summed E-state index contributed by atoms with van der Waals surface area (Å²) in [5.41, 5.74) is -0.153. The fraction of sp³-hybridized carbons (Fsp3) is 0.444. The van der Waals surface area contributed by atoms with Crippen molar-refractivity contribution in [1.29, 1.82) is 0 Å². The van der Waals surface area contributed by atoms with Crippen molar-refractivity contribution in [3.05, 3.63) is 22.5 Å². The zero-order valence-corrected chi connectivity index (χ0v) is 8.17. The smallest absolute Gasteiger partial charge is 0.355 e. The van der Waals surface area contributed by atoms with Crippen LogP contribution in [0.4, 0.5) is 5.69 Å². The van der Waals surface area contributed by atoms with E-state index in [0.29, 0.717) is 0 Å². The van der Waals surface area contributed by atoms with E-state index in [2.05, 4.69) is 4.98 Å². The first-order chi connectivity index (χ1) is 7.22. The molecule has 0 amide bonds. The van der Waals surface area contributed by atoms with Gasteiger partial charge in [0.1, 0.15) is 0 Å². The van der Waals surface area contributed by atoms with Gasteiger partial charge >= 0.3 is 5.69 Å². The van der Waals surface area contributed by atoms with Crippen molar-refractivity contribution >= 4 is 5.69 Å². The van der Waals surface area contributed by atoms with Crippen LogP contribution in [0.15, 0.2) is 12.4 Å². The van der Waals surface area contributed by atoms with Gasteiger partial charge in [0.25, 0.3) is 0 Å². The molecule has 0 spiro atoms. The van der Waals surface area contributed by atoms with Crippen molar-refractivity contribution in [1.82, 2.24) is 4.98 Å². The second-order valence-electron chi connectivity index (χ2n) is 3.26. The zero-order valence-electron chi connectivity index (χ0n) is 8.17. The summed E-state index contributed by atoms with van der Waals surface area (Å²) in [5, 5.41) is 10.8. The molecule has 1 aromatic rings. The van der Waals surface area contributed by atoms with Crippen molar-refractivity contribution in [2.45, 2.75) is 18.9 Å². The summed E-state index contributed by atoms with van der Waals surface area (Å²) in [6, 6.07) is 0. The molecule has 80 valence electrons. The van der Waals surface area contributed by atoms with E-state index in [9.17, 15) is 10.1 Å². The minimum atomic E-state index is -0.516. The number of pyridine rings is 1. The van der Waals surface area contributed by atoms with E-state index in [-0.39, 0.29) is 23.3 Å². The molecule has 0 bridgehead atoms. The van der Waals surface area contributed by atoms with Crippen LogP contribution in [-0.4, -0.2) is 23.1 Å². The van der Waals surface area contributed by atoms with Crippen LogP contribution in [0.3, 0.4) is 0 Å². The van der Waals surface area contributed by atoms with Crippen molar-refractivity contribution in [3.8, 4) is 11.5 Å². The van der Waals surface area contributed by atoms with Gasteiger partial charge in [-0.25, -0.2) is 0 Å². The number of ether oxygens (including phenoxy) is 2. The van der Waals surface area contributed by atoms with Gasteiger partial charge in [-0.2, -0.15) is 0 Å². The highest BCUT2D eigenvalue weighted by Crippen LogP contribution is 2.38. The van der Waals surface area contributed by atoms with E-state index in [0.717, 1.165) is 12.8 Å². The van der Waals surface area contributed by atoms with E-state index < -0.39 is 4.92 Å². The molecule has 2 rings (SSSR count). The Balaban J connectivity index is 2.37. The summed E-state index contributed by atoms with van der Waals surface area (Å²) in [6.07, 6.45) is 4.62. The molecule has 0 unspecified atom stereocenters. The molecule has 0 aliphatic heterocycles. The molecule has 0 N–H and O–H groups in total. The highest BCUT2D eigenvalue weighted by molar-refractivity contribution is 5.55. The maximum Gasteiger partial charge on any atom is 0.355 e. The molecule has 6 nitrogen and oxygen atoms in total. The van der Waals surface area contributed by atoms with Gasteiger partial charge in [-0.15, -0.1) is 0 Å². The van der Waals surface area contributed by atoms with Crippen LogP contribution in [-0.2, 0) is 0 Å². The molecule has 6 heteroatoms. The molecule has 0 saturated heterocycles. The number of hydrogen-bond donors (Lipinski definition) is 0. The minimum Gasteiger partial charge on any atom is -0.489 e. The molecule has 1 aliphatic rings. The van der Waals surface area contributed by atoms with Crippen molar-refractivity contribution in [2.75, 3.05) is 7.11 Å². The summed E-state index contributed by atoms with van der Waals surface area (Å²) in [7, 11) is 1.37. The largest absolute Gasteiger partial charge is 0.489 e. The highest BCUT2D eigenvalue weighted by atomic mass is 16.6. The normalized spacial score (nSPS) is 14.7. The van der Waals surface area contributed by atoms with Crippen molar-refractivity contribution in [3.63, 3.8) is 0 Å². The standard InChI is InChI=1S/C9H10N2O4/c1-14-7-4-10-5-8(9(7)11(12)13)15-6-2-3-6/h4-6H,2-3H2,1H3. The van der Waals surface area contributed by atoms with Crippen LogP contribution in [0.25, 0.3) is 0 Å². The Morgan fingerprint density at radius 2 is 2.13 bits per heavy atom. The lowest BCUT2D eigenvalue weighted by Gasteiger charge is -2.06. The van der Waals surface area contributed by atoms with Gasteiger partial charge in [0.05, 0.1) is 30.5 Å². The molecule has 1 aromatic heterocycles. The first-order valence-corrected chi connectivity index (χ1v) is 4.55. The van der Waals surface area contributed by atoms with Crippen molar-refractivity contribution in [2.24, 2.45) is 0 Å². The molecular formula is C9H10N2O4. The molecule has 1 aliphatic carbocycles. The SMILES string of the molecule is COc1cncc(OC2CC2)c1[N+](=O)[O-]. The Labute approximate surface area is 86.0 Å². The van der Waals surface area contributed by atoms with E-state index >= 15 is 0 Å². The number of nitro groups is 1. The monoisotopic (exact) mass is 210 g/mol. The summed E-state index contributed by atoms with van der Waals surface area (Å²) in [4.78, 5) is 14.1. The predicted molar refractivity (Wildman–Crippen MR) is 51.1 cm³/mol. The molecule has 0 atom stereocenters. The maximum absolute atomic E-state index is 10.8. The van der Waals surface area contributed by atoms with Gasteiger partial charge in [0, 0.05) is 0 Å². The van der Waals surface area contributed by atoms with Gasteiger partial charge in [0.15, 0.2) is 0 Å². The summed E-state index contributed by atoms with van der Waals surface area (Å²) in [5.74, 6) is 0.306.